The van der Waals surface area contributed by atoms with E-state index in [4.69, 9.17) is 0 Å². The molecule has 7 heteroatoms. The van der Waals surface area contributed by atoms with Crippen LogP contribution in [0.1, 0.15) is 42.7 Å². The van der Waals surface area contributed by atoms with Crippen molar-refractivity contribution in [1.29, 1.82) is 0 Å². The van der Waals surface area contributed by atoms with Gasteiger partial charge >= 0.3 is 6.09 Å². The molecule has 2 aliphatic rings. The molecular formula is C19H24F2N2O3. The van der Waals surface area contributed by atoms with Crippen molar-refractivity contribution < 1.29 is 23.1 Å². The number of rotatable bonds is 3. The first-order valence-electron chi connectivity index (χ1n) is 8.97. The Bertz CT molecular complexity index is 673. The lowest BCUT2D eigenvalue weighted by Gasteiger charge is -2.40. The van der Waals surface area contributed by atoms with Crippen LogP contribution in [0.5, 0.6) is 0 Å². The van der Waals surface area contributed by atoms with Crippen LogP contribution in [0.4, 0.5) is 13.6 Å². The van der Waals surface area contributed by atoms with Crippen LogP contribution in [-0.4, -0.2) is 43.1 Å². The molecular weight excluding hydrogens is 342 g/mol. The van der Waals surface area contributed by atoms with Crippen LogP contribution >= 0.6 is 0 Å². The van der Waals surface area contributed by atoms with Crippen LogP contribution in [0.25, 0.3) is 0 Å². The summed E-state index contributed by atoms with van der Waals surface area (Å²) in [6, 6.07) is 2.82. The third-order valence-electron chi connectivity index (χ3n) is 5.58. The van der Waals surface area contributed by atoms with Crippen molar-refractivity contribution in [3.05, 3.63) is 34.9 Å². The van der Waals surface area contributed by atoms with E-state index in [1.54, 1.807) is 0 Å². The summed E-state index contributed by atoms with van der Waals surface area (Å²) in [5.74, 6) is -0.927. The smallest absolute Gasteiger partial charge is 0.407 e. The number of carbonyl (C=O) groups is 2. The molecule has 0 unspecified atom stereocenters. The number of hydrogen-bond acceptors (Lipinski definition) is 3. The van der Waals surface area contributed by atoms with E-state index in [1.165, 1.54) is 26.2 Å². The normalized spacial score (nSPS) is 23.3. The van der Waals surface area contributed by atoms with Crippen molar-refractivity contribution in [3.8, 4) is 0 Å². The maximum atomic E-state index is 13.8. The van der Waals surface area contributed by atoms with Gasteiger partial charge in [0.05, 0.1) is 7.11 Å². The lowest BCUT2D eigenvalue weighted by molar-refractivity contribution is -0.140. The van der Waals surface area contributed by atoms with Gasteiger partial charge in [-0.3, -0.25) is 4.79 Å². The molecule has 1 N–H and O–H groups in total. The lowest BCUT2D eigenvalue weighted by Crippen LogP contribution is -2.51. The summed E-state index contributed by atoms with van der Waals surface area (Å²) < 4.78 is 32.1. The molecule has 0 bridgehead atoms. The van der Waals surface area contributed by atoms with Gasteiger partial charge in [0.1, 0.15) is 11.6 Å². The molecule has 0 atom stereocenters. The van der Waals surface area contributed by atoms with Gasteiger partial charge in [0.2, 0.25) is 5.91 Å². The fraction of sp³-hybridized carbons (Fsp3) is 0.579. The molecule has 1 aliphatic carbocycles. The standard InChI is InChI=1S/C19H24F2N2O3/c1-11-16(20)9-13(10-17(11)21)12-3-5-23(6-4-12)18(24)14-7-15(8-14)22-19(25)26-2/h9-10,12,14-15H,3-8H2,1-2H3,(H,22,25). The molecule has 0 aromatic heterocycles. The predicted octanol–water partition coefficient (Wildman–Crippen LogP) is 3.11. The van der Waals surface area contributed by atoms with Crippen LogP contribution in [0, 0.1) is 24.5 Å². The minimum absolute atomic E-state index is 0.00699. The summed E-state index contributed by atoms with van der Waals surface area (Å²) in [4.78, 5) is 25.5. The van der Waals surface area contributed by atoms with Crippen LogP contribution in [0.15, 0.2) is 12.1 Å². The largest absolute Gasteiger partial charge is 0.453 e. The van der Waals surface area contributed by atoms with E-state index < -0.39 is 17.7 Å². The zero-order valence-corrected chi connectivity index (χ0v) is 15.1. The first kappa shape index (κ1) is 18.6. The number of nitrogens with zero attached hydrogens (tertiary/aromatic N) is 1. The third-order valence-corrected chi connectivity index (χ3v) is 5.58. The fourth-order valence-electron chi connectivity index (χ4n) is 3.75. The molecule has 0 spiro atoms. The second kappa shape index (κ2) is 7.60. The van der Waals surface area contributed by atoms with E-state index in [0.717, 1.165) is 0 Å². The number of carbonyl (C=O) groups excluding carboxylic acids is 2. The van der Waals surface area contributed by atoms with Crippen molar-refractivity contribution in [1.82, 2.24) is 10.2 Å². The first-order chi connectivity index (χ1) is 12.4. The average Bonchev–Trinajstić information content (AvgIpc) is 2.61. The highest BCUT2D eigenvalue weighted by Gasteiger charge is 2.38. The summed E-state index contributed by atoms with van der Waals surface area (Å²) in [7, 11) is 1.31. The topological polar surface area (TPSA) is 58.6 Å². The van der Waals surface area contributed by atoms with Crippen molar-refractivity contribution in [2.24, 2.45) is 5.92 Å². The number of ether oxygens (including phenoxy) is 1. The van der Waals surface area contributed by atoms with E-state index >= 15 is 0 Å². The SMILES string of the molecule is COC(=O)NC1CC(C(=O)N2CCC(c3cc(F)c(C)c(F)c3)CC2)C1. The number of halogens is 2. The molecule has 1 heterocycles. The Morgan fingerprint density at radius 3 is 2.27 bits per heavy atom. The number of piperidine rings is 1. The quantitative estimate of drug-likeness (QED) is 0.894. The molecule has 2 fully saturated rings. The van der Waals surface area contributed by atoms with Gasteiger partial charge in [-0.2, -0.15) is 0 Å². The summed E-state index contributed by atoms with van der Waals surface area (Å²) >= 11 is 0. The maximum Gasteiger partial charge on any atom is 0.407 e. The number of amides is 2. The molecule has 3 rings (SSSR count). The Balaban J connectivity index is 1.50. The molecule has 1 aromatic carbocycles. The summed E-state index contributed by atoms with van der Waals surface area (Å²) in [6.45, 7) is 2.61. The van der Waals surface area contributed by atoms with Gasteiger partial charge in [0.15, 0.2) is 0 Å². The number of methoxy groups -OCH3 is 1. The highest BCUT2D eigenvalue weighted by atomic mass is 19.1. The van der Waals surface area contributed by atoms with Gasteiger partial charge in [-0.1, -0.05) is 0 Å². The zero-order valence-electron chi connectivity index (χ0n) is 15.1. The predicted molar refractivity (Wildman–Crippen MR) is 91.7 cm³/mol. The van der Waals surface area contributed by atoms with Gasteiger partial charge in [0.25, 0.3) is 0 Å². The van der Waals surface area contributed by atoms with Crippen LogP contribution in [0.3, 0.4) is 0 Å². The van der Waals surface area contributed by atoms with Crippen molar-refractivity contribution in [2.75, 3.05) is 20.2 Å². The van der Waals surface area contributed by atoms with E-state index in [2.05, 4.69) is 10.1 Å². The van der Waals surface area contributed by atoms with E-state index in [9.17, 15) is 18.4 Å². The van der Waals surface area contributed by atoms with E-state index in [-0.39, 0.29) is 29.3 Å². The summed E-state index contributed by atoms with van der Waals surface area (Å²) in [5.41, 5.74) is 0.713. The number of likely N-dealkylation sites (tertiary alicyclic amines) is 1. The molecule has 0 radical (unpaired) electrons. The first-order valence-corrected chi connectivity index (χ1v) is 8.97. The number of alkyl carbamates (subject to hydrolysis) is 1. The van der Waals surface area contributed by atoms with Crippen molar-refractivity contribution >= 4 is 12.0 Å². The molecule has 1 aromatic rings. The Morgan fingerprint density at radius 1 is 1.15 bits per heavy atom. The Kier molecular flexibility index (Phi) is 5.44. The highest BCUT2D eigenvalue weighted by molar-refractivity contribution is 5.80. The molecule has 5 nitrogen and oxygen atoms in total. The van der Waals surface area contributed by atoms with Crippen molar-refractivity contribution in [3.63, 3.8) is 0 Å². The second-order valence-corrected chi connectivity index (χ2v) is 7.21. The van der Waals surface area contributed by atoms with E-state index in [0.29, 0.717) is 44.3 Å². The maximum absolute atomic E-state index is 13.8. The van der Waals surface area contributed by atoms with Gasteiger partial charge < -0.3 is 15.0 Å². The molecule has 26 heavy (non-hydrogen) atoms. The minimum Gasteiger partial charge on any atom is -0.453 e. The van der Waals surface area contributed by atoms with Gasteiger partial charge in [0, 0.05) is 30.6 Å². The monoisotopic (exact) mass is 366 g/mol. The van der Waals surface area contributed by atoms with E-state index in [1.807, 2.05) is 4.90 Å². The molecule has 2 amide bonds. The van der Waals surface area contributed by atoms with Crippen LogP contribution < -0.4 is 5.32 Å². The number of benzene rings is 1. The Morgan fingerprint density at radius 2 is 1.73 bits per heavy atom. The summed E-state index contributed by atoms with van der Waals surface area (Å²) in [6.07, 6.45) is 2.18. The number of hydrogen-bond donors (Lipinski definition) is 1. The van der Waals surface area contributed by atoms with Crippen molar-refractivity contribution in [2.45, 2.75) is 44.6 Å². The third kappa shape index (κ3) is 3.81. The molecule has 1 saturated carbocycles. The van der Waals surface area contributed by atoms with Crippen LogP contribution in [0.2, 0.25) is 0 Å². The van der Waals surface area contributed by atoms with Gasteiger partial charge in [-0.25, -0.2) is 13.6 Å². The second-order valence-electron chi connectivity index (χ2n) is 7.21. The highest BCUT2D eigenvalue weighted by Crippen LogP contribution is 2.34. The van der Waals surface area contributed by atoms with Crippen LogP contribution in [-0.2, 0) is 9.53 Å². The fourth-order valence-corrected chi connectivity index (χ4v) is 3.75. The minimum atomic E-state index is -0.517. The molecule has 1 aliphatic heterocycles. The number of nitrogens with one attached hydrogen (secondary N) is 1. The Hall–Kier alpha value is -2.18. The zero-order chi connectivity index (χ0) is 18.8. The molecule has 142 valence electrons. The lowest BCUT2D eigenvalue weighted by atomic mass is 9.78. The molecule has 1 saturated heterocycles. The van der Waals surface area contributed by atoms with Gasteiger partial charge in [-0.15, -0.1) is 0 Å². The summed E-state index contributed by atoms with van der Waals surface area (Å²) in [5, 5.41) is 2.69. The average molecular weight is 366 g/mol. The Labute approximate surface area is 151 Å². The van der Waals surface area contributed by atoms with Gasteiger partial charge in [-0.05, 0) is 56.2 Å².